The average molecular weight is 1350 g/mol. The van der Waals surface area contributed by atoms with Gasteiger partial charge in [0.1, 0.15) is 54.4 Å². The van der Waals surface area contributed by atoms with E-state index in [1.165, 1.54) is 19.4 Å². The fourth-order valence-corrected chi connectivity index (χ4v) is 9.85. The molecule has 4 rings (SSSR count). The molecule has 20 N–H and O–H groups in total. The molecule has 32 nitrogen and oxygen atoms in total. The zero-order valence-corrected chi connectivity index (χ0v) is 53.8. The lowest BCUT2D eigenvalue weighted by Gasteiger charge is -2.28. The molecule has 0 saturated heterocycles. The van der Waals surface area contributed by atoms with Crippen molar-refractivity contribution >= 4 is 132 Å². The minimum atomic E-state index is -1.72. The monoisotopic (exact) mass is 1350 g/mol. The van der Waals surface area contributed by atoms with E-state index in [4.69, 9.17) is 17.2 Å². The predicted octanol–water partition coefficient (Wildman–Crippen LogP) is -4.08. The van der Waals surface area contributed by atoms with Crippen LogP contribution >= 0.6 is 37.9 Å². The second-order valence-corrected chi connectivity index (χ2v) is 22.4. The van der Waals surface area contributed by atoms with Gasteiger partial charge in [0.05, 0.1) is 19.4 Å². The van der Waals surface area contributed by atoms with Crippen molar-refractivity contribution in [3.8, 4) is 0 Å². The number of hydrogen-bond acceptors (Lipinski definition) is 18. The number of H-pyrrole nitrogens is 2. The number of carbonyl (C=O) groups excluding carboxylic acids is 12. The predicted molar refractivity (Wildman–Crippen MR) is 351 cm³/mol. The molecule has 35 heteroatoms. The first kappa shape index (κ1) is 76.1. The molecule has 9 atom stereocenters. The molecule has 2 aromatic heterocycles. The van der Waals surface area contributed by atoms with Crippen molar-refractivity contribution < 1.29 is 67.4 Å². The number of nitrogens with zero attached hydrogens (tertiary/aromatic N) is 2. The zero-order valence-electron chi connectivity index (χ0n) is 51.2. The van der Waals surface area contributed by atoms with E-state index in [1.807, 2.05) is 13.0 Å². The van der Waals surface area contributed by atoms with Gasteiger partial charge in [-0.1, -0.05) is 68.3 Å². The third-order valence-corrected chi connectivity index (χ3v) is 15.1. The van der Waals surface area contributed by atoms with Crippen LogP contribution in [0.4, 0.5) is 0 Å². The van der Waals surface area contributed by atoms with Crippen LogP contribution in [0, 0.1) is 0 Å². The second kappa shape index (κ2) is 39.8. The molecule has 0 aliphatic carbocycles. The van der Waals surface area contributed by atoms with Crippen molar-refractivity contribution in [2.45, 2.75) is 132 Å². The summed E-state index contributed by atoms with van der Waals surface area (Å²) in [7, 11) is 0. The first-order valence-electron chi connectivity index (χ1n) is 29.5. The highest BCUT2D eigenvalue weighted by atomic mass is 32.1. The number of carboxylic acids is 1. The Morgan fingerprint density at radius 3 is 1.54 bits per heavy atom. The summed E-state index contributed by atoms with van der Waals surface area (Å²) in [4.78, 5) is 188. The number of fused-ring (bicyclic) bond motifs is 1. The Morgan fingerprint density at radius 2 is 1.01 bits per heavy atom. The van der Waals surface area contributed by atoms with Gasteiger partial charge < -0.3 is 90.8 Å². The molecule has 0 aliphatic heterocycles. The van der Waals surface area contributed by atoms with E-state index in [9.17, 15) is 67.4 Å². The molecule has 93 heavy (non-hydrogen) atoms. The molecular formula is C58H82N18O14S3. The number of benzene rings is 2. The Balaban J connectivity index is 1.60. The standard InChI is InChI=1S/C58H82N18O14S3/c1-3-4-14-37(68-47(79)26-66-46(78)25-64-31(2)77)50(83)75-45(29-93)57(90)76-44(28-92)56(89)70-39(17-18-48(80)81)52(85)73-42(22-34-24-62-30-67-34)55(88)71-40(20-32-11-6-5-7-12-32)53(86)69-38(16-10-19-63-58(60)61)51(84)72-41(54(87)74-43(27-91)49(59)82)21-33-23-65-36-15-9-8-13-35(33)36/h5-9,11-13,15,23-24,30,37-45,65,91-93H,3-4,10,14,16-22,25-29H2,1-2H3,(H2,59,82)(H,62,67)(H,64,77)(H,66,78)(H,68,79)(H,69,86)(H,70,89)(H,71,88)(H,72,84)(H,73,85)(H,74,87)(H,75,83)(H,76,90)(H,80,81)(H4,60,61,63)/t37-,38-,39-,40+,41-,42-,43-,44-,45-/m0/s1. The highest BCUT2D eigenvalue weighted by molar-refractivity contribution is 7.80. The van der Waals surface area contributed by atoms with Crippen LogP contribution in [0.15, 0.2) is 78.3 Å². The second-order valence-electron chi connectivity index (χ2n) is 21.3. The van der Waals surface area contributed by atoms with Crippen molar-refractivity contribution in [2.75, 3.05) is 36.9 Å². The van der Waals surface area contributed by atoms with Gasteiger partial charge in [-0.15, -0.1) is 0 Å². The molecule has 506 valence electrons. The average Bonchev–Trinajstić information content (AvgIpc) is 1.98. The minimum absolute atomic E-state index is 0.00326. The number of amides is 12. The van der Waals surface area contributed by atoms with Gasteiger partial charge in [-0.2, -0.15) is 37.9 Å². The molecular weight excluding hydrogens is 1270 g/mol. The largest absolute Gasteiger partial charge is 0.481 e. The molecule has 2 heterocycles. The van der Waals surface area contributed by atoms with Crippen LogP contribution in [0.25, 0.3) is 10.9 Å². The Hall–Kier alpha value is -9.38. The van der Waals surface area contributed by atoms with Crippen LogP contribution in [0.1, 0.15) is 75.6 Å². The summed E-state index contributed by atoms with van der Waals surface area (Å²) in [5.74, 6) is -12.8. The summed E-state index contributed by atoms with van der Waals surface area (Å²) < 4.78 is 0. The summed E-state index contributed by atoms with van der Waals surface area (Å²) in [5, 5.41) is 38.1. The van der Waals surface area contributed by atoms with Crippen LogP contribution in [0.2, 0.25) is 0 Å². The van der Waals surface area contributed by atoms with E-state index in [2.05, 4.69) is 116 Å². The molecule has 0 spiro atoms. The maximum Gasteiger partial charge on any atom is 0.303 e. The van der Waals surface area contributed by atoms with Gasteiger partial charge in [0.15, 0.2) is 5.96 Å². The van der Waals surface area contributed by atoms with Crippen molar-refractivity contribution in [2.24, 2.45) is 22.2 Å². The number of carboxylic acid groups (broad SMARTS) is 1. The molecule has 4 aromatic rings. The van der Waals surface area contributed by atoms with Crippen LogP contribution in [0.3, 0.4) is 0 Å². The summed E-state index contributed by atoms with van der Waals surface area (Å²) in [6.45, 7) is 2.10. The molecule has 0 aliphatic rings. The number of thiol groups is 3. The molecule has 0 fully saturated rings. The first-order chi connectivity index (χ1) is 44.4. The maximum atomic E-state index is 14.8. The van der Waals surface area contributed by atoms with E-state index in [-0.39, 0.29) is 68.2 Å². The Bertz CT molecular complexity index is 3240. The van der Waals surface area contributed by atoms with Gasteiger partial charge in [0, 0.05) is 85.4 Å². The zero-order chi connectivity index (χ0) is 68.6. The van der Waals surface area contributed by atoms with Gasteiger partial charge in [0.25, 0.3) is 0 Å². The lowest BCUT2D eigenvalue weighted by Crippen LogP contribution is -2.61. The number of nitrogens with two attached hydrogens (primary N) is 3. The number of guanidine groups is 1. The number of para-hydroxylation sites is 1. The van der Waals surface area contributed by atoms with E-state index < -0.39 is 163 Å². The Labute approximate surface area is 551 Å². The van der Waals surface area contributed by atoms with Crippen LogP contribution in [-0.2, 0) is 81.6 Å². The van der Waals surface area contributed by atoms with E-state index in [0.29, 0.717) is 24.0 Å². The summed E-state index contributed by atoms with van der Waals surface area (Å²) in [6.07, 6.45) is 3.53. The van der Waals surface area contributed by atoms with Crippen molar-refractivity contribution in [3.05, 3.63) is 90.1 Å². The molecule has 12 amide bonds. The summed E-state index contributed by atoms with van der Waals surface area (Å²) in [5.41, 5.74) is 18.8. The fraction of sp³-hybridized carbons (Fsp3) is 0.466. The number of nitrogens with one attached hydrogen (secondary N) is 13. The fourth-order valence-electron chi connectivity index (χ4n) is 9.07. The smallest absolute Gasteiger partial charge is 0.303 e. The van der Waals surface area contributed by atoms with Gasteiger partial charge in [-0.25, -0.2) is 4.98 Å². The minimum Gasteiger partial charge on any atom is -0.481 e. The number of aromatic amines is 2. The summed E-state index contributed by atoms with van der Waals surface area (Å²) in [6, 6.07) is 2.49. The molecule has 0 saturated carbocycles. The quantitative estimate of drug-likeness (QED) is 0.00870. The number of carbonyl (C=O) groups is 13. The van der Waals surface area contributed by atoms with Crippen LogP contribution in [-0.4, -0.2) is 194 Å². The lowest BCUT2D eigenvalue weighted by atomic mass is 10.0. The highest BCUT2D eigenvalue weighted by Crippen LogP contribution is 2.20. The number of unbranched alkanes of at least 4 members (excludes halogenated alkanes) is 1. The van der Waals surface area contributed by atoms with E-state index in [1.54, 1.807) is 54.7 Å². The third-order valence-electron chi connectivity index (χ3n) is 14.0. The number of aromatic nitrogens is 3. The Kier molecular flexibility index (Phi) is 32.5. The normalized spacial score (nSPS) is 13.8. The van der Waals surface area contributed by atoms with Crippen LogP contribution < -0.4 is 75.7 Å². The van der Waals surface area contributed by atoms with Crippen LogP contribution in [0.5, 0.6) is 0 Å². The highest BCUT2D eigenvalue weighted by Gasteiger charge is 2.36. The van der Waals surface area contributed by atoms with Crippen molar-refractivity contribution in [1.82, 2.24) is 73.4 Å². The molecule has 2 aromatic carbocycles. The number of imidazole rings is 1. The molecule has 0 radical (unpaired) electrons. The molecule has 0 unspecified atom stereocenters. The maximum absolute atomic E-state index is 14.8. The molecule has 0 bridgehead atoms. The number of rotatable bonds is 41. The van der Waals surface area contributed by atoms with Gasteiger partial charge in [-0.3, -0.25) is 67.3 Å². The van der Waals surface area contributed by atoms with Crippen molar-refractivity contribution in [3.63, 3.8) is 0 Å². The van der Waals surface area contributed by atoms with Gasteiger partial charge in [-0.05, 0) is 42.9 Å². The number of primary amides is 1. The topological polar surface area (TPSA) is 509 Å². The number of hydrogen-bond donors (Lipinski definition) is 20. The third kappa shape index (κ3) is 26.8. The van der Waals surface area contributed by atoms with Gasteiger partial charge >= 0.3 is 5.97 Å². The first-order valence-corrected chi connectivity index (χ1v) is 31.4. The number of aliphatic imine (C=N–C) groups is 1. The van der Waals surface area contributed by atoms with E-state index in [0.717, 1.165) is 10.9 Å². The summed E-state index contributed by atoms with van der Waals surface area (Å²) >= 11 is 12.6. The SMILES string of the molecule is CCCC[C@H](NC(=O)CNC(=O)CNC(C)=O)C(=O)N[C@@H](CS)C(=O)N[C@@H](CS)C(=O)N[C@@H](CCC(=O)O)C(=O)N[C@@H](Cc1cnc[nH]1)C(=O)N[C@H](Cc1ccccc1)C(=O)N[C@@H](CCCN=C(N)N)C(=O)N[C@@H](Cc1c[nH]c2ccccc12)C(=O)N[C@@H](CS)C(N)=O. The van der Waals surface area contributed by atoms with Gasteiger partial charge in [0.2, 0.25) is 70.9 Å². The van der Waals surface area contributed by atoms with Crippen molar-refractivity contribution in [1.29, 1.82) is 0 Å². The Morgan fingerprint density at radius 1 is 0.538 bits per heavy atom. The van der Waals surface area contributed by atoms with E-state index >= 15 is 0 Å². The lowest BCUT2D eigenvalue weighted by molar-refractivity contribution is -0.138. The number of aliphatic carboxylic acids is 1.